The first-order chi connectivity index (χ1) is 21.7. The van der Waals surface area contributed by atoms with Crippen LogP contribution in [0.15, 0.2) is 12.2 Å². The zero-order chi connectivity index (χ0) is 32.0. The molecule has 0 rings (SSSR count). The highest BCUT2D eigenvalue weighted by atomic mass is 16.5. The number of carboxylic acid groups (broad SMARTS) is 1. The molecule has 0 spiro atoms. The maximum Gasteiger partial charge on any atom is 0.331 e. The average Bonchev–Trinajstić information content (AvgIpc) is 3.02. The molecule has 0 aromatic rings. The summed E-state index contributed by atoms with van der Waals surface area (Å²) in [6.07, 6.45) is 49.3. The summed E-state index contributed by atoms with van der Waals surface area (Å²) in [6.45, 7) is 2.68. The van der Waals surface area contributed by atoms with Crippen LogP contribution in [0, 0.1) is 0 Å². The smallest absolute Gasteiger partial charge is 0.331 e. The van der Waals surface area contributed by atoms with E-state index in [0.29, 0.717) is 6.61 Å². The fourth-order valence-electron chi connectivity index (χ4n) is 6.19. The van der Waals surface area contributed by atoms with Crippen LogP contribution in [0.25, 0.3) is 0 Å². The van der Waals surface area contributed by atoms with E-state index in [9.17, 15) is 9.59 Å². The van der Waals surface area contributed by atoms with Crippen molar-refractivity contribution in [1.29, 1.82) is 0 Å². The van der Waals surface area contributed by atoms with Gasteiger partial charge in [-0.2, -0.15) is 0 Å². The van der Waals surface area contributed by atoms with Gasteiger partial charge in [-0.3, -0.25) is 0 Å². The van der Waals surface area contributed by atoms with E-state index < -0.39 is 11.9 Å². The van der Waals surface area contributed by atoms with Gasteiger partial charge < -0.3 is 9.84 Å². The third-order valence-corrected chi connectivity index (χ3v) is 9.10. The van der Waals surface area contributed by atoms with Gasteiger partial charge in [-0.1, -0.05) is 219 Å². The molecule has 0 amide bonds. The SMILES string of the molecule is CCCCCCCCCCCCCCCCCCCCCCCCCCCCCCCCCCCCOC(=O)/C=C/C(=O)O. The fraction of sp³-hybridized carbons (Fsp3) is 0.900. The number of carbonyl (C=O) groups is 2. The van der Waals surface area contributed by atoms with Crippen LogP contribution in [0.2, 0.25) is 0 Å². The van der Waals surface area contributed by atoms with Crippen molar-refractivity contribution in [2.45, 2.75) is 225 Å². The number of aliphatic carboxylic acids is 1. The lowest BCUT2D eigenvalue weighted by molar-refractivity contribution is -0.138. The van der Waals surface area contributed by atoms with Crippen molar-refractivity contribution in [2.75, 3.05) is 6.61 Å². The number of hydrogen-bond donors (Lipinski definition) is 1. The van der Waals surface area contributed by atoms with Crippen LogP contribution in [-0.2, 0) is 14.3 Å². The Hall–Kier alpha value is -1.32. The lowest BCUT2D eigenvalue weighted by Crippen LogP contribution is -2.03. The first-order valence-electron chi connectivity index (χ1n) is 19.7. The van der Waals surface area contributed by atoms with Crippen molar-refractivity contribution in [1.82, 2.24) is 0 Å². The van der Waals surface area contributed by atoms with Crippen molar-refractivity contribution in [3.05, 3.63) is 12.2 Å². The van der Waals surface area contributed by atoms with Crippen molar-refractivity contribution < 1.29 is 19.4 Å². The van der Waals surface area contributed by atoms with E-state index in [2.05, 4.69) is 6.92 Å². The normalized spacial score (nSPS) is 11.5. The molecule has 0 aliphatic heterocycles. The standard InChI is InChI=1S/C40H76O4/c1-2-3-4-5-6-7-8-9-10-11-12-13-14-15-16-17-18-19-20-21-22-23-24-25-26-27-28-29-30-31-32-33-34-35-38-44-40(43)37-36-39(41)42/h36-37H,2-35,38H2,1H3,(H,41,42)/b37-36+. The van der Waals surface area contributed by atoms with Gasteiger partial charge in [0.05, 0.1) is 6.61 Å². The second-order valence-electron chi connectivity index (χ2n) is 13.5. The second-order valence-corrected chi connectivity index (χ2v) is 13.5. The largest absolute Gasteiger partial charge is 0.478 e. The summed E-state index contributed by atoms with van der Waals surface area (Å²) in [4.78, 5) is 21.6. The maximum absolute atomic E-state index is 11.3. The van der Waals surface area contributed by atoms with E-state index in [-0.39, 0.29) is 0 Å². The molecule has 0 fully saturated rings. The monoisotopic (exact) mass is 621 g/mol. The highest BCUT2D eigenvalue weighted by Crippen LogP contribution is 2.17. The molecule has 4 heteroatoms. The summed E-state index contributed by atoms with van der Waals surface area (Å²) < 4.78 is 4.97. The minimum absolute atomic E-state index is 0.377. The van der Waals surface area contributed by atoms with Crippen LogP contribution in [0.1, 0.15) is 225 Å². The van der Waals surface area contributed by atoms with Gasteiger partial charge in [-0.25, -0.2) is 9.59 Å². The van der Waals surface area contributed by atoms with Crippen molar-refractivity contribution in [2.24, 2.45) is 0 Å². The van der Waals surface area contributed by atoms with Crippen LogP contribution in [-0.4, -0.2) is 23.7 Å². The molecule has 4 nitrogen and oxygen atoms in total. The third-order valence-electron chi connectivity index (χ3n) is 9.10. The zero-order valence-corrected chi connectivity index (χ0v) is 29.6. The van der Waals surface area contributed by atoms with Gasteiger partial charge in [0.1, 0.15) is 0 Å². The number of unbranched alkanes of at least 4 members (excludes halogenated alkanes) is 33. The maximum atomic E-state index is 11.3. The van der Waals surface area contributed by atoms with E-state index in [1.54, 1.807) is 0 Å². The molecule has 260 valence electrons. The number of carboxylic acids is 1. The van der Waals surface area contributed by atoms with Crippen LogP contribution in [0.3, 0.4) is 0 Å². The molecule has 0 saturated heterocycles. The zero-order valence-electron chi connectivity index (χ0n) is 29.6. The Bertz CT molecular complexity index is 614. The molecular weight excluding hydrogens is 544 g/mol. The minimum Gasteiger partial charge on any atom is -0.478 e. The molecule has 1 N–H and O–H groups in total. The lowest BCUT2D eigenvalue weighted by atomic mass is 10.0. The van der Waals surface area contributed by atoms with Crippen molar-refractivity contribution >= 4 is 11.9 Å². The summed E-state index contributed by atoms with van der Waals surface area (Å²) in [6, 6.07) is 0. The van der Waals surface area contributed by atoms with Crippen LogP contribution >= 0.6 is 0 Å². The van der Waals surface area contributed by atoms with Crippen molar-refractivity contribution in [3.63, 3.8) is 0 Å². The van der Waals surface area contributed by atoms with E-state index in [4.69, 9.17) is 9.84 Å². The molecule has 0 aromatic carbocycles. The molecule has 0 unspecified atom stereocenters. The highest BCUT2D eigenvalue weighted by molar-refractivity contribution is 5.90. The molecule has 0 radical (unpaired) electrons. The number of rotatable bonds is 37. The summed E-state index contributed by atoms with van der Waals surface area (Å²) in [5, 5.41) is 8.47. The molecule has 0 aliphatic rings. The highest BCUT2D eigenvalue weighted by Gasteiger charge is 2.00. The molecule has 0 atom stereocenters. The van der Waals surface area contributed by atoms with Gasteiger partial charge in [0.15, 0.2) is 0 Å². The van der Waals surface area contributed by atoms with E-state index in [1.165, 1.54) is 205 Å². The van der Waals surface area contributed by atoms with E-state index in [0.717, 1.165) is 25.0 Å². The summed E-state index contributed by atoms with van der Waals surface area (Å²) >= 11 is 0. The van der Waals surface area contributed by atoms with Gasteiger partial charge in [-0.05, 0) is 6.42 Å². The van der Waals surface area contributed by atoms with E-state index >= 15 is 0 Å². The minimum atomic E-state index is -1.13. The second kappa shape index (κ2) is 37.9. The van der Waals surface area contributed by atoms with Crippen LogP contribution in [0.4, 0.5) is 0 Å². The van der Waals surface area contributed by atoms with Gasteiger partial charge in [-0.15, -0.1) is 0 Å². The first kappa shape index (κ1) is 42.7. The number of carbonyl (C=O) groups excluding carboxylic acids is 1. The topological polar surface area (TPSA) is 63.6 Å². The van der Waals surface area contributed by atoms with Gasteiger partial charge in [0.25, 0.3) is 0 Å². The lowest BCUT2D eigenvalue weighted by Gasteiger charge is -2.05. The molecule has 0 aliphatic carbocycles. The Balaban J connectivity index is 3.09. The Morgan fingerprint density at radius 3 is 0.841 bits per heavy atom. The van der Waals surface area contributed by atoms with Crippen LogP contribution < -0.4 is 0 Å². The summed E-state index contributed by atoms with van der Waals surface area (Å²) in [5.41, 5.74) is 0. The number of hydrogen-bond acceptors (Lipinski definition) is 3. The van der Waals surface area contributed by atoms with Crippen molar-refractivity contribution in [3.8, 4) is 0 Å². The Labute approximate surface area is 275 Å². The average molecular weight is 621 g/mol. The predicted octanol–water partition coefficient (Wildman–Crippen LogP) is 13.5. The number of ether oxygens (including phenoxy) is 1. The molecule has 0 bridgehead atoms. The molecule has 0 aromatic heterocycles. The Kier molecular flexibility index (Phi) is 36.7. The Morgan fingerprint density at radius 2 is 0.614 bits per heavy atom. The summed E-state index contributed by atoms with van der Waals surface area (Å²) in [7, 11) is 0. The molecule has 0 saturated carbocycles. The van der Waals surface area contributed by atoms with Gasteiger partial charge in [0.2, 0.25) is 0 Å². The number of esters is 1. The predicted molar refractivity (Wildman–Crippen MR) is 190 cm³/mol. The third kappa shape index (κ3) is 38.7. The first-order valence-corrected chi connectivity index (χ1v) is 19.7. The molecule has 44 heavy (non-hydrogen) atoms. The quantitative estimate of drug-likeness (QED) is 0.0426. The molecule has 0 heterocycles. The van der Waals surface area contributed by atoms with Crippen LogP contribution in [0.5, 0.6) is 0 Å². The van der Waals surface area contributed by atoms with E-state index in [1.807, 2.05) is 0 Å². The summed E-state index contributed by atoms with van der Waals surface area (Å²) in [5.74, 6) is -1.70. The Morgan fingerprint density at radius 1 is 0.386 bits per heavy atom. The molecular formula is C40H76O4. The van der Waals surface area contributed by atoms with Gasteiger partial charge >= 0.3 is 11.9 Å². The van der Waals surface area contributed by atoms with Gasteiger partial charge in [0, 0.05) is 12.2 Å². The fourth-order valence-corrected chi connectivity index (χ4v) is 6.19.